The van der Waals surface area contributed by atoms with E-state index in [0.717, 1.165) is 10.9 Å². The van der Waals surface area contributed by atoms with Crippen molar-refractivity contribution in [2.24, 2.45) is 5.73 Å². The van der Waals surface area contributed by atoms with Crippen molar-refractivity contribution in [1.29, 1.82) is 0 Å². The van der Waals surface area contributed by atoms with Crippen molar-refractivity contribution in [2.45, 2.75) is 19.5 Å². The molecule has 0 amide bonds. The van der Waals surface area contributed by atoms with Crippen LogP contribution in [0.4, 0.5) is 4.39 Å². The molecule has 1 atom stereocenters. The summed E-state index contributed by atoms with van der Waals surface area (Å²) in [6.07, 6.45) is 3.01. The number of hydrogen-bond donors (Lipinski definition) is 3. The highest BCUT2D eigenvalue weighted by molar-refractivity contribution is 6.31. The minimum Gasteiger partial charge on any atom is -0.478 e. The van der Waals surface area contributed by atoms with Gasteiger partial charge in [-0.3, -0.25) is 0 Å². The second kappa shape index (κ2) is 8.30. The molecule has 1 aromatic heterocycles. The van der Waals surface area contributed by atoms with Crippen molar-refractivity contribution >= 4 is 34.4 Å². The molecule has 2 aromatic rings. The second-order valence-electron chi connectivity index (χ2n) is 4.78. The third-order valence-electron chi connectivity index (χ3n) is 2.67. The molecule has 0 fully saturated rings. The molecule has 4 N–H and O–H groups in total. The molecule has 0 bridgehead atoms. The molecule has 23 heavy (non-hydrogen) atoms. The number of halogens is 2. The Hall–Kier alpha value is -2.38. The van der Waals surface area contributed by atoms with Crippen molar-refractivity contribution < 1.29 is 24.2 Å². The van der Waals surface area contributed by atoms with Gasteiger partial charge in [0.15, 0.2) is 0 Å². The lowest BCUT2D eigenvalue weighted by atomic mass is 10.2. The molecule has 6 nitrogen and oxygen atoms in total. The van der Waals surface area contributed by atoms with Gasteiger partial charge < -0.3 is 20.5 Å². The van der Waals surface area contributed by atoms with E-state index < -0.39 is 11.9 Å². The fourth-order valence-corrected chi connectivity index (χ4v) is 1.95. The van der Waals surface area contributed by atoms with E-state index in [4.69, 9.17) is 27.5 Å². The van der Waals surface area contributed by atoms with Crippen molar-refractivity contribution in [1.82, 2.24) is 4.57 Å². The van der Waals surface area contributed by atoms with E-state index in [9.17, 15) is 14.0 Å². The smallest absolute Gasteiger partial charge is 0.328 e. The van der Waals surface area contributed by atoms with Gasteiger partial charge in [0.25, 0.3) is 0 Å². The number of carboxylic acid groups (broad SMARTS) is 2. The number of carboxylic acids is 2. The number of hydrogen-bond acceptors (Lipinski definition) is 3. The topological polar surface area (TPSA) is 106 Å². The molecular formula is C15H16ClFN2O4. The van der Waals surface area contributed by atoms with Gasteiger partial charge in [0.05, 0.1) is 5.02 Å². The molecule has 1 aromatic carbocycles. The Kier molecular flexibility index (Phi) is 6.74. The summed E-state index contributed by atoms with van der Waals surface area (Å²) in [6.45, 7) is 2.63. The van der Waals surface area contributed by atoms with Gasteiger partial charge in [-0.05, 0) is 25.1 Å². The summed E-state index contributed by atoms with van der Waals surface area (Å²) < 4.78 is 15.1. The zero-order valence-electron chi connectivity index (χ0n) is 12.2. The molecule has 0 saturated heterocycles. The van der Waals surface area contributed by atoms with Crippen molar-refractivity contribution in [3.05, 3.63) is 47.4 Å². The highest BCUT2D eigenvalue weighted by Crippen LogP contribution is 2.23. The van der Waals surface area contributed by atoms with Crippen LogP contribution in [0.15, 0.2) is 36.5 Å². The van der Waals surface area contributed by atoms with E-state index in [0.29, 0.717) is 18.7 Å². The van der Waals surface area contributed by atoms with E-state index in [1.54, 1.807) is 6.07 Å². The van der Waals surface area contributed by atoms with Gasteiger partial charge in [0.1, 0.15) is 5.82 Å². The van der Waals surface area contributed by atoms with Gasteiger partial charge in [-0.2, -0.15) is 0 Å². The minimum absolute atomic E-state index is 0.0597. The lowest BCUT2D eigenvalue weighted by Gasteiger charge is -2.08. The predicted octanol–water partition coefficient (Wildman–Crippen LogP) is 2.49. The Morgan fingerprint density at radius 2 is 1.91 bits per heavy atom. The maximum atomic E-state index is 13.2. The maximum absolute atomic E-state index is 13.2. The zero-order valence-corrected chi connectivity index (χ0v) is 13.0. The zero-order chi connectivity index (χ0) is 17.6. The van der Waals surface area contributed by atoms with Crippen LogP contribution in [0.2, 0.25) is 5.02 Å². The summed E-state index contributed by atoms with van der Waals surface area (Å²) >= 11 is 5.73. The molecule has 0 saturated carbocycles. The fraction of sp³-hybridized carbons (Fsp3) is 0.200. The lowest BCUT2D eigenvalue weighted by Crippen LogP contribution is -2.21. The third kappa shape index (κ3) is 6.09. The average Bonchev–Trinajstić information content (AvgIpc) is 2.79. The largest absolute Gasteiger partial charge is 0.478 e. The Morgan fingerprint density at radius 1 is 1.35 bits per heavy atom. The minimum atomic E-state index is -1.26. The van der Waals surface area contributed by atoms with Gasteiger partial charge >= 0.3 is 11.9 Å². The number of rotatable bonds is 4. The van der Waals surface area contributed by atoms with Gasteiger partial charge in [0, 0.05) is 41.8 Å². The molecule has 124 valence electrons. The van der Waals surface area contributed by atoms with Crippen LogP contribution >= 0.6 is 11.6 Å². The maximum Gasteiger partial charge on any atom is 0.328 e. The van der Waals surface area contributed by atoms with Crippen molar-refractivity contribution in [2.75, 3.05) is 0 Å². The first kappa shape index (κ1) is 18.7. The van der Waals surface area contributed by atoms with Crippen LogP contribution in [-0.4, -0.2) is 32.8 Å². The summed E-state index contributed by atoms with van der Waals surface area (Å²) in [6, 6.07) is 4.99. The number of benzene rings is 1. The number of aliphatic carboxylic acids is 2. The predicted molar refractivity (Wildman–Crippen MR) is 85.0 cm³/mol. The summed E-state index contributed by atoms with van der Waals surface area (Å²) in [7, 11) is 0. The Bertz CT molecular complexity index is 724. The first-order valence-electron chi connectivity index (χ1n) is 6.54. The third-order valence-corrected chi connectivity index (χ3v) is 2.96. The number of nitrogens with two attached hydrogens (primary N) is 1. The van der Waals surface area contributed by atoms with Gasteiger partial charge in [0.2, 0.25) is 0 Å². The molecule has 8 heteroatoms. The molecule has 0 spiro atoms. The summed E-state index contributed by atoms with van der Waals surface area (Å²) in [5, 5.41) is 16.6. The van der Waals surface area contributed by atoms with Gasteiger partial charge in [-0.25, -0.2) is 14.0 Å². The van der Waals surface area contributed by atoms with E-state index in [2.05, 4.69) is 0 Å². The molecule has 2 rings (SSSR count). The summed E-state index contributed by atoms with van der Waals surface area (Å²) in [4.78, 5) is 19.1. The molecule has 0 unspecified atom stereocenters. The number of fused-ring (bicyclic) bond motifs is 1. The van der Waals surface area contributed by atoms with Crippen LogP contribution in [0.25, 0.3) is 10.9 Å². The van der Waals surface area contributed by atoms with Crippen LogP contribution in [0, 0.1) is 5.82 Å². The highest BCUT2D eigenvalue weighted by atomic mass is 35.5. The normalized spacial score (nSPS) is 12.0. The van der Waals surface area contributed by atoms with Crippen LogP contribution in [-0.2, 0) is 16.1 Å². The van der Waals surface area contributed by atoms with E-state index >= 15 is 0 Å². The average molecular weight is 343 g/mol. The Labute approximate surface area is 136 Å². The molecular weight excluding hydrogens is 327 g/mol. The summed E-state index contributed by atoms with van der Waals surface area (Å²) in [5.74, 6) is -2.90. The first-order valence-corrected chi connectivity index (χ1v) is 6.92. The number of aromatic nitrogens is 1. The van der Waals surface area contributed by atoms with Crippen molar-refractivity contribution in [3.63, 3.8) is 0 Å². The molecule has 0 radical (unpaired) electrons. The Balaban J connectivity index is 0.000000284. The van der Waals surface area contributed by atoms with Crippen LogP contribution in [0.5, 0.6) is 0 Å². The van der Waals surface area contributed by atoms with Crippen LogP contribution in [0.1, 0.15) is 6.92 Å². The lowest BCUT2D eigenvalue weighted by molar-refractivity contribution is -0.134. The van der Waals surface area contributed by atoms with E-state index in [-0.39, 0.29) is 16.9 Å². The molecule has 0 aliphatic carbocycles. The second-order valence-corrected chi connectivity index (χ2v) is 5.19. The van der Waals surface area contributed by atoms with E-state index in [1.165, 1.54) is 6.07 Å². The molecule has 1 heterocycles. The highest BCUT2D eigenvalue weighted by Gasteiger charge is 2.07. The standard InChI is InChI=1S/C11H12ClFN2.C4H4O4/c1-7(14)6-15-3-2-8-4-10(13)9(12)5-11(8)15;5-3(6)1-2-4(7)8/h2-5,7H,6,14H2,1H3;1-2H,(H,5,6)(H,7,8)/t7-;/m1./s1. The molecule has 0 aliphatic rings. The summed E-state index contributed by atoms with van der Waals surface area (Å²) in [5.41, 5.74) is 6.63. The number of carbonyl (C=O) groups is 2. The molecule has 0 aliphatic heterocycles. The number of nitrogens with zero attached hydrogens (tertiary/aromatic N) is 1. The Morgan fingerprint density at radius 3 is 2.39 bits per heavy atom. The van der Waals surface area contributed by atoms with Gasteiger partial charge in [-0.1, -0.05) is 11.6 Å². The van der Waals surface area contributed by atoms with E-state index in [1.807, 2.05) is 23.8 Å². The quantitative estimate of drug-likeness (QED) is 0.740. The monoisotopic (exact) mass is 342 g/mol. The van der Waals surface area contributed by atoms with Gasteiger partial charge in [-0.15, -0.1) is 0 Å². The van der Waals surface area contributed by atoms with Crippen LogP contribution in [0.3, 0.4) is 0 Å². The van der Waals surface area contributed by atoms with Crippen molar-refractivity contribution in [3.8, 4) is 0 Å². The SMILES string of the molecule is C[C@@H](N)Cn1ccc2cc(F)c(Cl)cc21.O=C(O)C=CC(=O)O. The fourth-order valence-electron chi connectivity index (χ4n) is 1.80. The first-order chi connectivity index (χ1) is 10.7. The van der Waals surface area contributed by atoms with Crippen LogP contribution < -0.4 is 5.73 Å².